The average molecular weight is 243 g/mol. The van der Waals surface area contributed by atoms with Crippen molar-refractivity contribution < 1.29 is 4.79 Å². The second-order valence-electron chi connectivity index (χ2n) is 4.43. The lowest BCUT2D eigenvalue weighted by Gasteiger charge is -1.98. The van der Waals surface area contributed by atoms with Gasteiger partial charge in [0, 0.05) is 22.3 Å². The molecule has 0 aromatic carbocycles. The van der Waals surface area contributed by atoms with Gasteiger partial charge in [-0.05, 0) is 49.9 Å². The van der Waals surface area contributed by atoms with Crippen molar-refractivity contribution in [2.24, 2.45) is 0 Å². The van der Waals surface area contributed by atoms with Gasteiger partial charge in [-0.1, -0.05) is 0 Å². The third-order valence-corrected chi connectivity index (χ3v) is 4.38. The van der Waals surface area contributed by atoms with E-state index in [-0.39, 0.29) is 5.78 Å². The Morgan fingerprint density at radius 2 is 2.24 bits per heavy atom. The van der Waals surface area contributed by atoms with Crippen molar-refractivity contribution >= 4 is 17.1 Å². The summed E-state index contributed by atoms with van der Waals surface area (Å²) in [6.07, 6.45) is 5.18. The van der Waals surface area contributed by atoms with Crippen LogP contribution in [-0.4, -0.2) is 10.8 Å². The number of ketones is 1. The molecule has 0 bridgehead atoms. The second kappa shape index (κ2) is 4.08. The number of hydrogen-bond donors (Lipinski definition) is 0. The monoisotopic (exact) mass is 243 g/mol. The summed E-state index contributed by atoms with van der Waals surface area (Å²) in [7, 11) is 0. The van der Waals surface area contributed by atoms with Crippen LogP contribution in [-0.2, 0) is 12.8 Å². The highest BCUT2D eigenvalue weighted by molar-refractivity contribution is 7.14. The molecule has 3 heteroatoms. The number of rotatable bonds is 2. The van der Waals surface area contributed by atoms with Crippen LogP contribution in [0.5, 0.6) is 0 Å². The maximum absolute atomic E-state index is 12.2. The summed E-state index contributed by atoms with van der Waals surface area (Å²) >= 11 is 1.65. The number of pyridine rings is 1. The molecule has 2 aromatic rings. The van der Waals surface area contributed by atoms with Gasteiger partial charge in [-0.25, -0.2) is 0 Å². The van der Waals surface area contributed by atoms with Crippen LogP contribution in [0.25, 0.3) is 0 Å². The Hall–Kier alpha value is -1.48. The first-order valence-electron chi connectivity index (χ1n) is 5.83. The fraction of sp³-hybridized carbons (Fsp3) is 0.286. The summed E-state index contributed by atoms with van der Waals surface area (Å²) in [5.41, 5.74) is 3.00. The molecule has 86 valence electrons. The van der Waals surface area contributed by atoms with Gasteiger partial charge in [-0.15, -0.1) is 11.3 Å². The van der Waals surface area contributed by atoms with E-state index in [0.29, 0.717) is 5.56 Å². The topological polar surface area (TPSA) is 30.0 Å². The highest BCUT2D eigenvalue weighted by atomic mass is 32.1. The maximum atomic E-state index is 12.2. The molecule has 0 aliphatic heterocycles. The lowest BCUT2D eigenvalue weighted by atomic mass is 10.1. The van der Waals surface area contributed by atoms with E-state index in [1.165, 1.54) is 16.9 Å². The number of aromatic nitrogens is 1. The van der Waals surface area contributed by atoms with E-state index < -0.39 is 0 Å². The van der Waals surface area contributed by atoms with Gasteiger partial charge in [0.1, 0.15) is 0 Å². The van der Waals surface area contributed by atoms with Gasteiger partial charge in [-0.2, -0.15) is 0 Å². The smallest absolute Gasteiger partial charge is 0.204 e. The van der Waals surface area contributed by atoms with E-state index in [1.807, 2.05) is 19.1 Å². The molecule has 0 atom stereocenters. The largest absolute Gasteiger partial charge is 0.288 e. The quantitative estimate of drug-likeness (QED) is 0.758. The van der Waals surface area contributed by atoms with E-state index in [1.54, 1.807) is 17.5 Å². The molecule has 17 heavy (non-hydrogen) atoms. The zero-order valence-electron chi connectivity index (χ0n) is 9.69. The molecule has 1 aliphatic carbocycles. The second-order valence-corrected chi connectivity index (χ2v) is 5.57. The zero-order valence-corrected chi connectivity index (χ0v) is 10.5. The fourth-order valence-electron chi connectivity index (χ4n) is 2.19. The predicted octanol–water partition coefficient (Wildman–Crippen LogP) is 3.17. The number of hydrogen-bond acceptors (Lipinski definition) is 3. The summed E-state index contributed by atoms with van der Waals surface area (Å²) < 4.78 is 0. The van der Waals surface area contributed by atoms with Crippen molar-refractivity contribution in [3.63, 3.8) is 0 Å². The van der Waals surface area contributed by atoms with Crippen molar-refractivity contribution in [3.8, 4) is 0 Å². The Morgan fingerprint density at radius 3 is 2.94 bits per heavy atom. The first-order chi connectivity index (χ1) is 8.24. The number of carbonyl (C=O) groups is 1. The van der Waals surface area contributed by atoms with Crippen molar-refractivity contribution in [2.45, 2.75) is 26.2 Å². The Bertz CT molecular complexity index is 547. The van der Waals surface area contributed by atoms with Crippen molar-refractivity contribution in [1.29, 1.82) is 0 Å². The summed E-state index contributed by atoms with van der Waals surface area (Å²) in [6.45, 7) is 1.92. The molecule has 2 aromatic heterocycles. The Labute approximate surface area is 104 Å². The average Bonchev–Trinajstić information content (AvgIpc) is 2.89. The normalized spacial score (nSPS) is 13.7. The number of thiophene rings is 1. The van der Waals surface area contributed by atoms with Crippen LogP contribution in [0, 0.1) is 6.92 Å². The van der Waals surface area contributed by atoms with Crippen LogP contribution in [0.15, 0.2) is 24.4 Å². The van der Waals surface area contributed by atoms with Crippen molar-refractivity contribution in [2.75, 3.05) is 0 Å². The van der Waals surface area contributed by atoms with Crippen LogP contribution in [0.4, 0.5) is 0 Å². The molecular weight excluding hydrogens is 230 g/mol. The third kappa shape index (κ3) is 1.91. The maximum Gasteiger partial charge on any atom is 0.204 e. The molecule has 2 heterocycles. The number of nitrogens with zero attached hydrogens (tertiary/aromatic N) is 1. The number of aryl methyl sites for hydroxylation is 3. The molecule has 0 N–H and O–H groups in total. The van der Waals surface area contributed by atoms with Crippen LogP contribution in [0.1, 0.15) is 37.8 Å². The molecule has 0 unspecified atom stereocenters. The van der Waals surface area contributed by atoms with Crippen molar-refractivity contribution in [3.05, 3.63) is 51.0 Å². The molecular formula is C14H13NOS. The van der Waals surface area contributed by atoms with Crippen molar-refractivity contribution in [1.82, 2.24) is 4.98 Å². The van der Waals surface area contributed by atoms with E-state index in [9.17, 15) is 4.79 Å². The lowest BCUT2D eigenvalue weighted by Crippen LogP contribution is -1.99. The van der Waals surface area contributed by atoms with E-state index >= 15 is 0 Å². The molecule has 0 fully saturated rings. The number of carbonyl (C=O) groups excluding carboxylic acids is 1. The van der Waals surface area contributed by atoms with E-state index in [2.05, 4.69) is 11.1 Å². The summed E-state index contributed by atoms with van der Waals surface area (Å²) in [5.74, 6) is 0.108. The van der Waals surface area contributed by atoms with Gasteiger partial charge >= 0.3 is 0 Å². The summed E-state index contributed by atoms with van der Waals surface area (Å²) in [5, 5.41) is 0. The fourth-order valence-corrected chi connectivity index (χ4v) is 3.40. The Morgan fingerprint density at radius 1 is 1.35 bits per heavy atom. The first kappa shape index (κ1) is 10.7. The van der Waals surface area contributed by atoms with Crippen LogP contribution >= 0.6 is 11.3 Å². The molecule has 0 amide bonds. The van der Waals surface area contributed by atoms with Crippen LogP contribution < -0.4 is 0 Å². The first-order valence-corrected chi connectivity index (χ1v) is 6.64. The molecule has 1 aliphatic rings. The SMILES string of the molecule is Cc1ccc(C(=O)c2cc3c(s2)CCC3)cn1. The van der Waals surface area contributed by atoms with Crippen LogP contribution in [0.2, 0.25) is 0 Å². The molecule has 0 saturated carbocycles. The van der Waals surface area contributed by atoms with Gasteiger partial charge in [0.05, 0.1) is 4.88 Å². The standard InChI is InChI=1S/C14H13NOS/c1-9-5-6-11(8-15-9)14(16)13-7-10-3-2-4-12(10)17-13/h5-8H,2-4H2,1H3. The molecule has 0 spiro atoms. The minimum absolute atomic E-state index is 0.108. The minimum atomic E-state index is 0.108. The molecule has 3 rings (SSSR count). The van der Waals surface area contributed by atoms with E-state index in [0.717, 1.165) is 23.4 Å². The number of fused-ring (bicyclic) bond motifs is 1. The highest BCUT2D eigenvalue weighted by Crippen LogP contribution is 2.31. The summed E-state index contributed by atoms with van der Waals surface area (Å²) in [6, 6.07) is 5.80. The van der Waals surface area contributed by atoms with Crippen LogP contribution in [0.3, 0.4) is 0 Å². The van der Waals surface area contributed by atoms with Gasteiger partial charge in [0.2, 0.25) is 5.78 Å². The van der Waals surface area contributed by atoms with Gasteiger partial charge in [0.15, 0.2) is 0 Å². The predicted molar refractivity (Wildman–Crippen MR) is 68.8 cm³/mol. The minimum Gasteiger partial charge on any atom is -0.288 e. The molecule has 0 radical (unpaired) electrons. The molecule has 2 nitrogen and oxygen atoms in total. The van der Waals surface area contributed by atoms with Gasteiger partial charge in [0.25, 0.3) is 0 Å². The molecule has 0 saturated heterocycles. The zero-order chi connectivity index (χ0) is 11.8. The highest BCUT2D eigenvalue weighted by Gasteiger charge is 2.19. The lowest BCUT2D eigenvalue weighted by molar-refractivity contribution is 0.104. The Balaban J connectivity index is 1.93. The van der Waals surface area contributed by atoms with Gasteiger partial charge < -0.3 is 0 Å². The van der Waals surface area contributed by atoms with E-state index in [4.69, 9.17) is 0 Å². The summed E-state index contributed by atoms with van der Waals surface area (Å²) in [4.78, 5) is 18.7. The Kier molecular flexibility index (Phi) is 2.56. The third-order valence-electron chi connectivity index (χ3n) is 3.14. The van der Waals surface area contributed by atoms with Gasteiger partial charge in [-0.3, -0.25) is 9.78 Å².